The quantitative estimate of drug-likeness (QED) is 0.733. The summed E-state index contributed by atoms with van der Waals surface area (Å²) in [4.78, 5) is 14.3. The van der Waals surface area contributed by atoms with Crippen molar-refractivity contribution >= 4 is 28.3 Å². The van der Waals surface area contributed by atoms with Gasteiger partial charge < -0.3 is 20.1 Å². The van der Waals surface area contributed by atoms with Crippen molar-refractivity contribution in [1.29, 1.82) is 0 Å². The van der Waals surface area contributed by atoms with E-state index in [0.717, 1.165) is 6.42 Å². The van der Waals surface area contributed by atoms with Crippen LogP contribution in [0.15, 0.2) is 23.1 Å². The Labute approximate surface area is 166 Å². The SMILES string of the molecule is COc1ccc(CC(=O)N2CC[C@@H](N)C2)cc1S(=O)(=O)N1CCOCC1.Cl. The van der Waals surface area contributed by atoms with Gasteiger partial charge in [-0.05, 0) is 24.1 Å². The molecule has 3 rings (SSSR count). The Bertz CT molecular complexity index is 768. The van der Waals surface area contributed by atoms with Gasteiger partial charge in [0.1, 0.15) is 10.6 Å². The van der Waals surface area contributed by atoms with Gasteiger partial charge in [-0.1, -0.05) is 6.07 Å². The highest BCUT2D eigenvalue weighted by Gasteiger charge is 2.30. The third-order valence-corrected chi connectivity index (χ3v) is 6.67. The zero-order chi connectivity index (χ0) is 18.7. The van der Waals surface area contributed by atoms with Crippen molar-refractivity contribution in [3.05, 3.63) is 23.8 Å². The minimum absolute atomic E-state index is 0. The second-order valence-corrected chi connectivity index (χ2v) is 8.47. The van der Waals surface area contributed by atoms with Crippen molar-refractivity contribution < 1.29 is 22.7 Å². The van der Waals surface area contributed by atoms with Gasteiger partial charge >= 0.3 is 0 Å². The number of nitrogens with two attached hydrogens (primary N) is 1. The molecule has 1 aromatic rings. The molecule has 1 amide bonds. The van der Waals surface area contributed by atoms with Crippen LogP contribution in [-0.2, 0) is 26.0 Å². The molecule has 2 fully saturated rings. The molecule has 152 valence electrons. The van der Waals surface area contributed by atoms with E-state index in [1.807, 2.05) is 0 Å². The molecular weight excluding hydrogens is 394 g/mol. The van der Waals surface area contributed by atoms with E-state index in [4.69, 9.17) is 15.2 Å². The number of hydrogen-bond donors (Lipinski definition) is 1. The summed E-state index contributed by atoms with van der Waals surface area (Å²) in [5.41, 5.74) is 6.49. The second kappa shape index (κ2) is 9.20. The zero-order valence-electron chi connectivity index (χ0n) is 15.3. The molecule has 2 saturated heterocycles. The number of nitrogens with zero attached hydrogens (tertiary/aromatic N) is 2. The number of hydrogen-bond acceptors (Lipinski definition) is 6. The predicted octanol–water partition coefficient (Wildman–Crippen LogP) is 0.240. The van der Waals surface area contributed by atoms with Gasteiger partial charge in [0.05, 0.1) is 26.7 Å². The summed E-state index contributed by atoms with van der Waals surface area (Å²) < 4.78 is 37.8. The summed E-state index contributed by atoms with van der Waals surface area (Å²) in [6.07, 6.45) is 0.938. The van der Waals surface area contributed by atoms with Crippen molar-refractivity contribution in [2.24, 2.45) is 5.73 Å². The Morgan fingerprint density at radius 3 is 2.59 bits per heavy atom. The van der Waals surface area contributed by atoms with Gasteiger partial charge in [0.25, 0.3) is 0 Å². The van der Waals surface area contributed by atoms with Gasteiger partial charge in [0.15, 0.2) is 0 Å². The first-order valence-corrected chi connectivity index (χ1v) is 10.1. The Kier molecular flexibility index (Phi) is 7.47. The van der Waals surface area contributed by atoms with Crippen LogP contribution in [0, 0.1) is 0 Å². The average molecular weight is 420 g/mol. The molecule has 0 aromatic heterocycles. The second-order valence-electron chi connectivity index (χ2n) is 6.57. The first-order valence-electron chi connectivity index (χ1n) is 8.70. The average Bonchev–Trinajstić information content (AvgIpc) is 3.09. The molecule has 8 nitrogen and oxygen atoms in total. The molecule has 0 radical (unpaired) electrons. The third-order valence-electron chi connectivity index (χ3n) is 4.75. The number of carbonyl (C=O) groups is 1. The number of likely N-dealkylation sites (tertiary alicyclic amines) is 1. The fourth-order valence-electron chi connectivity index (χ4n) is 3.26. The van der Waals surface area contributed by atoms with Crippen LogP contribution in [0.5, 0.6) is 5.75 Å². The van der Waals surface area contributed by atoms with Crippen LogP contribution in [0.1, 0.15) is 12.0 Å². The maximum atomic E-state index is 13.0. The van der Waals surface area contributed by atoms with Crippen molar-refractivity contribution in [1.82, 2.24) is 9.21 Å². The molecule has 1 atom stereocenters. The zero-order valence-corrected chi connectivity index (χ0v) is 16.9. The number of rotatable bonds is 5. The van der Waals surface area contributed by atoms with E-state index in [-0.39, 0.29) is 41.4 Å². The van der Waals surface area contributed by atoms with Gasteiger partial charge in [0.2, 0.25) is 15.9 Å². The highest BCUT2D eigenvalue weighted by molar-refractivity contribution is 7.89. The molecule has 10 heteroatoms. The van der Waals surface area contributed by atoms with Gasteiger partial charge in [-0.2, -0.15) is 4.31 Å². The normalized spacial score (nSPS) is 21.0. The summed E-state index contributed by atoms with van der Waals surface area (Å²) in [6.45, 7) is 2.55. The van der Waals surface area contributed by atoms with E-state index in [1.54, 1.807) is 17.0 Å². The highest BCUT2D eigenvalue weighted by Crippen LogP contribution is 2.29. The minimum Gasteiger partial charge on any atom is -0.495 e. The maximum Gasteiger partial charge on any atom is 0.246 e. The summed E-state index contributed by atoms with van der Waals surface area (Å²) in [7, 11) is -2.27. The molecule has 0 spiro atoms. The van der Waals surface area contributed by atoms with E-state index < -0.39 is 10.0 Å². The number of amides is 1. The Hall–Kier alpha value is -1.39. The summed E-state index contributed by atoms with van der Waals surface area (Å²) in [5.74, 6) is 0.230. The number of benzene rings is 1. The summed E-state index contributed by atoms with van der Waals surface area (Å²) in [5, 5.41) is 0. The van der Waals surface area contributed by atoms with Gasteiger partial charge in [-0.3, -0.25) is 4.79 Å². The first-order chi connectivity index (χ1) is 12.4. The largest absolute Gasteiger partial charge is 0.495 e. The lowest BCUT2D eigenvalue weighted by Crippen LogP contribution is -2.40. The molecule has 27 heavy (non-hydrogen) atoms. The summed E-state index contributed by atoms with van der Waals surface area (Å²) >= 11 is 0. The molecule has 2 N–H and O–H groups in total. The topological polar surface area (TPSA) is 102 Å². The van der Waals surface area contributed by atoms with Crippen LogP contribution in [0.4, 0.5) is 0 Å². The van der Waals surface area contributed by atoms with Crippen molar-refractivity contribution in [2.45, 2.75) is 23.8 Å². The maximum absolute atomic E-state index is 13.0. The minimum atomic E-state index is -3.71. The standard InChI is InChI=1S/C17H25N3O5S.ClH/c1-24-15-3-2-13(11-17(21)19-5-4-14(18)12-19)10-16(15)26(22,23)20-6-8-25-9-7-20;/h2-3,10,14H,4-9,11-12,18H2,1H3;1H/t14-;/m1./s1. The van der Waals surface area contributed by atoms with Crippen LogP contribution in [0.2, 0.25) is 0 Å². The van der Waals surface area contributed by atoms with E-state index in [0.29, 0.717) is 45.0 Å². The lowest BCUT2D eigenvalue weighted by molar-refractivity contribution is -0.129. The molecule has 2 heterocycles. The Balaban J connectivity index is 0.00000261. The first kappa shape index (κ1) is 21.9. The predicted molar refractivity (Wildman–Crippen MR) is 103 cm³/mol. The van der Waals surface area contributed by atoms with E-state index in [9.17, 15) is 13.2 Å². The number of halogens is 1. The number of ether oxygens (including phenoxy) is 2. The Morgan fingerprint density at radius 2 is 2.00 bits per heavy atom. The Morgan fingerprint density at radius 1 is 1.30 bits per heavy atom. The van der Waals surface area contributed by atoms with Crippen LogP contribution >= 0.6 is 12.4 Å². The van der Waals surface area contributed by atoms with Crippen molar-refractivity contribution in [3.8, 4) is 5.75 Å². The van der Waals surface area contributed by atoms with Crippen molar-refractivity contribution in [2.75, 3.05) is 46.5 Å². The van der Waals surface area contributed by atoms with Crippen molar-refractivity contribution in [3.63, 3.8) is 0 Å². The number of methoxy groups -OCH3 is 1. The molecule has 2 aliphatic heterocycles. The molecule has 0 bridgehead atoms. The van der Waals surface area contributed by atoms with Gasteiger partial charge in [0, 0.05) is 32.2 Å². The lowest BCUT2D eigenvalue weighted by atomic mass is 10.1. The molecule has 1 aromatic carbocycles. The van der Waals surface area contributed by atoms with E-state index in [2.05, 4.69) is 0 Å². The number of sulfonamides is 1. The van der Waals surface area contributed by atoms with Crippen LogP contribution in [0.25, 0.3) is 0 Å². The van der Waals surface area contributed by atoms with Gasteiger partial charge in [-0.25, -0.2) is 8.42 Å². The monoisotopic (exact) mass is 419 g/mol. The van der Waals surface area contributed by atoms with Gasteiger partial charge in [-0.15, -0.1) is 12.4 Å². The smallest absolute Gasteiger partial charge is 0.246 e. The van der Waals surface area contributed by atoms with E-state index >= 15 is 0 Å². The molecule has 0 saturated carbocycles. The van der Waals surface area contributed by atoms with E-state index in [1.165, 1.54) is 17.5 Å². The molecular formula is C17H26ClN3O5S. The fraction of sp³-hybridized carbons (Fsp3) is 0.588. The molecule has 0 aliphatic carbocycles. The van der Waals surface area contributed by atoms with Crippen LogP contribution < -0.4 is 10.5 Å². The molecule has 2 aliphatic rings. The summed E-state index contributed by atoms with van der Waals surface area (Å²) in [6, 6.07) is 4.89. The highest BCUT2D eigenvalue weighted by atomic mass is 35.5. The molecule has 0 unspecified atom stereocenters. The lowest BCUT2D eigenvalue weighted by Gasteiger charge is -2.27. The number of morpholine rings is 1. The van der Waals surface area contributed by atoms with Crippen LogP contribution in [-0.4, -0.2) is 76.1 Å². The van der Waals surface area contributed by atoms with Crippen LogP contribution in [0.3, 0.4) is 0 Å². The fourth-order valence-corrected chi connectivity index (χ4v) is 4.87. The third kappa shape index (κ3) is 4.91. The number of carbonyl (C=O) groups excluding carboxylic acids is 1.